The summed E-state index contributed by atoms with van der Waals surface area (Å²) in [6, 6.07) is 64.3. The van der Waals surface area contributed by atoms with E-state index in [4.69, 9.17) is 0 Å². The molecule has 1 aliphatic carbocycles. The Labute approximate surface area is 282 Å². The average Bonchev–Trinajstić information content (AvgIpc) is 3.37. The summed E-state index contributed by atoms with van der Waals surface area (Å²) in [6.07, 6.45) is 0. The quantitative estimate of drug-likeness (QED) is 0.187. The van der Waals surface area contributed by atoms with Crippen LogP contribution in [0.3, 0.4) is 0 Å². The lowest BCUT2D eigenvalue weighted by atomic mass is 9.81. The molecule has 9 rings (SSSR count). The van der Waals surface area contributed by atoms with E-state index in [0.717, 1.165) is 11.4 Å². The Morgan fingerprint density at radius 3 is 1.73 bits per heavy atom. The molecule has 0 N–H and O–H groups in total. The summed E-state index contributed by atoms with van der Waals surface area (Å²) < 4.78 is 0. The Morgan fingerprint density at radius 2 is 0.958 bits per heavy atom. The van der Waals surface area contributed by atoms with Crippen LogP contribution in [0, 0.1) is 0 Å². The van der Waals surface area contributed by atoms with Gasteiger partial charge in [0, 0.05) is 27.7 Å². The number of hydrogen-bond donors (Lipinski definition) is 0. The molecule has 8 aromatic rings. The third kappa shape index (κ3) is 4.47. The Morgan fingerprint density at radius 1 is 0.396 bits per heavy atom. The van der Waals surface area contributed by atoms with Crippen molar-refractivity contribution in [3.8, 4) is 33.4 Å². The molecule has 0 heterocycles. The summed E-state index contributed by atoms with van der Waals surface area (Å²) in [6.45, 7) is 4.73. The Balaban J connectivity index is 1.24. The molecule has 0 aliphatic heterocycles. The van der Waals surface area contributed by atoms with Gasteiger partial charge in [-0.1, -0.05) is 153 Å². The highest BCUT2D eigenvalue weighted by Gasteiger charge is 2.38. The van der Waals surface area contributed by atoms with E-state index in [-0.39, 0.29) is 5.41 Å². The molecule has 8 aromatic carbocycles. The summed E-state index contributed by atoms with van der Waals surface area (Å²) >= 11 is 0. The van der Waals surface area contributed by atoms with Crippen molar-refractivity contribution < 1.29 is 0 Å². The predicted molar refractivity (Wildman–Crippen MR) is 205 cm³/mol. The highest BCUT2D eigenvalue weighted by molar-refractivity contribution is 6.09. The minimum atomic E-state index is -0.108. The molecule has 0 fully saturated rings. The number of para-hydroxylation sites is 1. The molecule has 0 saturated carbocycles. The lowest BCUT2D eigenvalue weighted by Crippen LogP contribution is -2.16. The lowest BCUT2D eigenvalue weighted by Gasteiger charge is -2.30. The molecule has 0 aromatic heterocycles. The van der Waals surface area contributed by atoms with Crippen molar-refractivity contribution in [1.29, 1.82) is 0 Å². The van der Waals surface area contributed by atoms with Crippen LogP contribution in [0.2, 0.25) is 0 Å². The van der Waals surface area contributed by atoms with Crippen LogP contribution in [0.25, 0.3) is 54.9 Å². The first-order valence-electron chi connectivity index (χ1n) is 16.8. The molecule has 0 amide bonds. The van der Waals surface area contributed by atoms with Crippen LogP contribution in [0.1, 0.15) is 25.0 Å². The van der Waals surface area contributed by atoms with E-state index < -0.39 is 0 Å². The molecule has 0 bridgehead atoms. The number of benzene rings is 8. The van der Waals surface area contributed by atoms with Gasteiger partial charge in [-0.15, -0.1) is 0 Å². The smallest absolute Gasteiger partial charge is 0.0621 e. The first-order valence-corrected chi connectivity index (χ1v) is 16.8. The number of nitrogens with zero attached hydrogens (tertiary/aromatic N) is 1. The largest absolute Gasteiger partial charge is 0.309 e. The van der Waals surface area contributed by atoms with Crippen LogP contribution in [0.5, 0.6) is 0 Å². The normalized spacial score (nSPS) is 13.0. The summed E-state index contributed by atoms with van der Waals surface area (Å²) in [4.78, 5) is 2.47. The summed E-state index contributed by atoms with van der Waals surface area (Å²) in [7, 11) is 0. The zero-order valence-electron chi connectivity index (χ0n) is 27.2. The second-order valence-corrected chi connectivity index (χ2v) is 13.4. The number of fused-ring (bicyclic) bond motifs is 5. The predicted octanol–water partition coefficient (Wildman–Crippen LogP) is 13.1. The maximum Gasteiger partial charge on any atom is 0.0621 e. The summed E-state index contributed by atoms with van der Waals surface area (Å²) in [5.41, 5.74) is 13.7. The topological polar surface area (TPSA) is 3.24 Å². The number of anilines is 3. The minimum Gasteiger partial charge on any atom is -0.309 e. The van der Waals surface area contributed by atoms with Crippen molar-refractivity contribution in [3.63, 3.8) is 0 Å². The van der Waals surface area contributed by atoms with E-state index in [1.165, 1.54) is 71.7 Å². The van der Waals surface area contributed by atoms with Crippen LogP contribution < -0.4 is 4.90 Å². The second-order valence-electron chi connectivity index (χ2n) is 13.4. The first-order chi connectivity index (χ1) is 23.6. The van der Waals surface area contributed by atoms with Crippen LogP contribution in [-0.4, -0.2) is 0 Å². The fourth-order valence-corrected chi connectivity index (χ4v) is 7.84. The zero-order chi connectivity index (χ0) is 32.2. The molecule has 0 radical (unpaired) electrons. The van der Waals surface area contributed by atoms with Crippen molar-refractivity contribution in [2.75, 3.05) is 4.90 Å². The molecule has 0 saturated heterocycles. The van der Waals surface area contributed by atoms with Crippen LogP contribution >= 0.6 is 0 Å². The molecule has 48 heavy (non-hydrogen) atoms. The van der Waals surface area contributed by atoms with Gasteiger partial charge in [0.25, 0.3) is 0 Å². The maximum atomic E-state index is 2.47. The highest BCUT2D eigenvalue weighted by Crippen LogP contribution is 2.56. The third-order valence-electron chi connectivity index (χ3n) is 10.2. The zero-order valence-corrected chi connectivity index (χ0v) is 27.2. The van der Waals surface area contributed by atoms with E-state index in [9.17, 15) is 0 Å². The van der Waals surface area contributed by atoms with Gasteiger partial charge in [-0.2, -0.15) is 0 Å². The molecule has 1 heteroatoms. The third-order valence-corrected chi connectivity index (χ3v) is 10.2. The molecule has 0 atom stereocenters. The Bertz CT molecular complexity index is 2470. The lowest BCUT2D eigenvalue weighted by molar-refractivity contribution is 0.661. The minimum absolute atomic E-state index is 0.108. The fraction of sp³-hybridized carbons (Fsp3) is 0.0638. The van der Waals surface area contributed by atoms with Crippen molar-refractivity contribution in [2.45, 2.75) is 19.3 Å². The summed E-state index contributed by atoms with van der Waals surface area (Å²) in [5, 5.41) is 5.02. The average molecular weight is 614 g/mol. The molecular formula is C47H35N. The van der Waals surface area contributed by atoms with Crippen LogP contribution in [0.15, 0.2) is 176 Å². The van der Waals surface area contributed by atoms with E-state index in [1.54, 1.807) is 0 Å². The van der Waals surface area contributed by atoms with Gasteiger partial charge in [-0.25, -0.2) is 0 Å². The monoisotopic (exact) mass is 613 g/mol. The Hall–Kier alpha value is -5.92. The van der Waals surface area contributed by atoms with Crippen LogP contribution in [-0.2, 0) is 5.41 Å². The van der Waals surface area contributed by atoms with Crippen LogP contribution in [0.4, 0.5) is 17.1 Å². The molecule has 1 aliphatic rings. The molecule has 1 nitrogen and oxygen atoms in total. The van der Waals surface area contributed by atoms with E-state index in [1.807, 2.05) is 0 Å². The molecule has 0 spiro atoms. The van der Waals surface area contributed by atoms with Gasteiger partial charge >= 0.3 is 0 Å². The molecule has 0 unspecified atom stereocenters. The SMILES string of the molecule is CC1(C)c2ccccc2-c2c1cc1ccccc1c2N(c1ccccc1)c1ccc(-c2ccccc2-c2ccc3ccccc3c2)cc1. The number of rotatable bonds is 5. The van der Waals surface area contributed by atoms with Crippen molar-refractivity contribution in [2.24, 2.45) is 0 Å². The van der Waals surface area contributed by atoms with Gasteiger partial charge in [-0.3, -0.25) is 0 Å². The van der Waals surface area contributed by atoms with E-state index >= 15 is 0 Å². The number of hydrogen-bond acceptors (Lipinski definition) is 1. The van der Waals surface area contributed by atoms with Gasteiger partial charge < -0.3 is 4.90 Å². The van der Waals surface area contributed by atoms with Gasteiger partial charge in [0.05, 0.1) is 5.69 Å². The van der Waals surface area contributed by atoms with Crippen molar-refractivity contribution >= 4 is 38.6 Å². The summed E-state index contributed by atoms with van der Waals surface area (Å²) in [5.74, 6) is 0. The first kappa shape index (κ1) is 28.3. The highest BCUT2D eigenvalue weighted by atomic mass is 15.1. The molecular weight excluding hydrogens is 579 g/mol. The standard InChI is InChI=1S/C47H35N/c1-47(2)43-23-13-12-22-42(43)45-44(47)31-35-16-8-9-21-41(35)46(45)48(37-17-4-3-5-18-37)38-28-26-33(27-29-38)39-19-10-11-20-40(39)36-25-24-32-14-6-7-15-34(32)30-36/h3-31H,1-2H3. The Kier molecular flexibility index (Phi) is 6.55. The van der Waals surface area contributed by atoms with Gasteiger partial charge in [-0.05, 0) is 91.5 Å². The van der Waals surface area contributed by atoms with Gasteiger partial charge in [0.2, 0.25) is 0 Å². The van der Waals surface area contributed by atoms with Gasteiger partial charge in [0.1, 0.15) is 0 Å². The van der Waals surface area contributed by atoms with Crippen molar-refractivity contribution in [1.82, 2.24) is 0 Å². The molecule has 228 valence electrons. The van der Waals surface area contributed by atoms with E-state index in [2.05, 4.69) is 195 Å². The van der Waals surface area contributed by atoms with Crippen molar-refractivity contribution in [3.05, 3.63) is 187 Å². The second kappa shape index (κ2) is 11.1. The maximum absolute atomic E-state index is 2.47. The van der Waals surface area contributed by atoms with Gasteiger partial charge in [0.15, 0.2) is 0 Å². The van der Waals surface area contributed by atoms with E-state index in [0.29, 0.717) is 0 Å². The fourth-order valence-electron chi connectivity index (χ4n) is 7.84.